The summed E-state index contributed by atoms with van der Waals surface area (Å²) in [4.78, 5) is 18.5. The molecule has 1 N–H and O–H groups in total. The van der Waals surface area contributed by atoms with Gasteiger partial charge in [-0.3, -0.25) is 9.78 Å². The number of aromatic nitrogens is 1. The summed E-state index contributed by atoms with van der Waals surface area (Å²) in [5, 5.41) is 3.95. The molecule has 5 heteroatoms. The Kier molecular flexibility index (Phi) is 5.00. The first kappa shape index (κ1) is 17.0. The van der Waals surface area contributed by atoms with Crippen LogP contribution >= 0.6 is 11.6 Å². The number of aryl methyl sites for hydroxylation is 1. The van der Waals surface area contributed by atoms with Gasteiger partial charge in [0.2, 0.25) is 0 Å². The molecule has 4 nitrogen and oxygen atoms in total. The number of anilines is 3. The SMILES string of the molecule is Cc1ccc(Cl)cc1Nc1ccnc(C(=O)N(C)c2ccccc2)c1. The minimum atomic E-state index is -0.169. The average Bonchev–Trinajstić information content (AvgIpc) is 2.64. The lowest BCUT2D eigenvalue weighted by atomic mass is 10.2. The number of nitrogens with one attached hydrogen (secondary N) is 1. The lowest BCUT2D eigenvalue weighted by molar-refractivity contribution is 0.0988. The molecule has 0 fully saturated rings. The summed E-state index contributed by atoms with van der Waals surface area (Å²) < 4.78 is 0. The second-order valence-electron chi connectivity index (χ2n) is 5.71. The highest BCUT2D eigenvalue weighted by Gasteiger charge is 2.15. The van der Waals surface area contributed by atoms with E-state index in [0.29, 0.717) is 10.7 Å². The zero-order valence-electron chi connectivity index (χ0n) is 14.0. The number of carbonyl (C=O) groups is 1. The Labute approximate surface area is 152 Å². The second-order valence-corrected chi connectivity index (χ2v) is 6.15. The standard InChI is InChI=1S/C20H18ClN3O/c1-14-8-9-15(21)12-18(14)23-16-10-11-22-19(13-16)20(25)24(2)17-6-4-3-5-7-17/h3-13H,1-2H3,(H,22,23). The van der Waals surface area contributed by atoms with Gasteiger partial charge in [-0.1, -0.05) is 35.9 Å². The molecule has 0 saturated carbocycles. The van der Waals surface area contributed by atoms with Crippen molar-refractivity contribution >= 4 is 34.6 Å². The lowest BCUT2D eigenvalue weighted by Crippen LogP contribution is -2.27. The molecule has 0 unspecified atom stereocenters. The minimum absolute atomic E-state index is 0.169. The maximum Gasteiger partial charge on any atom is 0.276 e. The van der Waals surface area contributed by atoms with Crippen LogP contribution in [0.4, 0.5) is 17.1 Å². The Bertz CT molecular complexity index is 896. The van der Waals surface area contributed by atoms with Gasteiger partial charge in [-0.25, -0.2) is 0 Å². The molecule has 1 amide bonds. The average molecular weight is 352 g/mol. The first-order valence-electron chi connectivity index (χ1n) is 7.87. The highest BCUT2D eigenvalue weighted by molar-refractivity contribution is 6.30. The summed E-state index contributed by atoms with van der Waals surface area (Å²) in [5.41, 5.74) is 3.93. The van der Waals surface area contributed by atoms with Gasteiger partial charge in [0.15, 0.2) is 0 Å². The third-order valence-corrected chi connectivity index (χ3v) is 4.14. The number of hydrogen-bond donors (Lipinski definition) is 1. The van der Waals surface area contributed by atoms with Crippen LogP contribution in [-0.2, 0) is 0 Å². The van der Waals surface area contributed by atoms with Crippen molar-refractivity contribution in [3.63, 3.8) is 0 Å². The van der Waals surface area contributed by atoms with E-state index in [1.54, 1.807) is 24.2 Å². The van der Waals surface area contributed by atoms with E-state index >= 15 is 0 Å². The first-order chi connectivity index (χ1) is 12.0. The molecule has 2 aromatic carbocycles. The van der Waals surface area contributed by atoms with Crippen LogP contribution in [0.25, 0.3) is 0 Å². The molecule has 0 aliphatic rings. The van der Waals surface area contributed by atoms with Crippen LogP contribution in [0.5, 0.6) is 0 Å². The summed E-state index contributed by atoms with van der Waals surface area (Å²) >= 11 is 6.06. The molecule has 1 heterocycles. The van der Waals surface area contributed by atoms with Gasteiger partial charge in [-0.15, -0.1) is 0 Å². The molecule has 0 bridgehead atoms. The number of amides is 1. The smallest absolute Gasteiger partial charge is 0.276 e. The van der Waals surface area contributed by atoms with Crippen molar-refractivity contribution in [3.8, 4) is 0 Å². The number of pyridine rings is 1. The molecule has 3 aromatic rings. The Morgan fingerprint density at radius 1 is 1.08 bits per heavy atom. The van der Waals surface area contributed by atoms with Crippen LogP contribution in [0.1, 0.15) is 16.1 Å². The van der Waals surface area contributed by atoms with Crippen LogP contribution < -0.4 is 10.2 Å². The molecule has 3 rings (SSSR count). The van der Waals surface area contributed by atoms with E-state index < -0.39 is 0 Å². The molecular weight excluding hydrogens is 334 g/mol. The van der Waals surface area contributed by atoms with E-state index in [2.05, 4.69) is 10.3 Å². The maximum absolute atomic E-state index is 12.7. The molecule has 0 aliphatic carbocycles. The summed E-state index contributed by atoms with van der Waals surface area (Å²) in [6, 6.07) is 18.7. The molecule has 1 aromatic heterocycles. The highest BCUT2D eigenvalue weighted by atomic mass is 35.5. The van der Waals surface area contributed by atoms with Gasteiger partial charge in [-0.05, 0) is 48.9 Å². The Morgan fingerprint density at radius 2 is 1.84 bits per heavy atom. The maximum atomic E-state index is 12.7. The van der Waals surface area contributed by atoms with Crippen LogP contribution in [0, 0.1) is 6.92 Å². The number of para-hydroxylation sites is 1. The highest BCUT2D eigenvalue weighted by Crippen LogP contribution is 2.24. The van der Waals surface area contributed by atoms with Crippen molar-refractivity contribution in [1.29, 1.82) is 0 Å². The second kappa shape index (κ2) is 7.36. The van der Waals surface area contributed by atoms with Gasteiger partial charge in [0.25, 0.3) is 5.91 Å². The Balaban J connectivity index is 1.84. The molecule has 126 valence electrons. The Morgan fingerprint density at radius 3 is 2.60 bits per heavy atom. The van der Waals surface area contributed by atoms with Crippen molar-refractivity contribution in [2.24, 2.45) is 0 Å². The zero-order valence-corrected chi connectivity index (χ0v) is 14.8. The van der Waals surface area contributed by atoms with Crippen LogP contribution in [0.2, 0.25) is 5.02 Å². The molecule has 0 atom stereocenters. The molecule has 25 heavy (non-hydrogen) atoms. The van der Waals surface area contributed by atoms with Crippen molar-refractivity contribution < 1.29 is 4.79 Å². The van der Waals surface area contributed by atoms with Gasteiger partial charge in [-0.2, -0.15) is 0 Å². The fourth-order valence-electron chi connectivity index (χ4n) is 2.45. The van der Waals surface area contributed by atoms with Gasteiger partial charge < -0.3 is 10.2 Å². The number of rotatable bonds is 4. The van der Waals surface area contributed by atoms with Crippen LogP contribution in [0.3, 0.4) is 0 Å². The molecule has 0 aliphatic heterocycles. The quantitative estimate of drug-likeness (QED) is 0.714. The van der Waals surface area contributed by atoms with Crippen molar-refractivity contribution in [2.45, 2.75) is 6.92 Å². The van der Waals surface area contributed by atoms with Gasteiger partial charge in [0, 0.05) is 35.3 Å². The van der Waals surface area contributed by atoms with Gasteiger partial charge in [0.05, 0.1) is 0 Å². The predicted octanol–water partition coefficient (Wildman–Crippen LogP) is 5.06. The van der Waals surface area contributed by atoms with Gasteiger partial charge in [0.1, 0.15) is 5.69 Å². The minimum Gasteiger partial charge on any atom is -0.355 e. The topological polar surface area (TPSA) is 45.2 Å². The van der Waals surface area contributed by atoms with Crippen molar-refractivity contribution in [1.82, 2.24) is 4.98 Å². The molecule has 0 spiro atoms. The van der Waals surface area contributed by atoms with Crippen LogP contribution in [-0.4, -0.2) is 17.9 Å². The van der Waals surface area contributed by atoms with Crippen molar-refractivity contribution in [2.75, 3.05) is 17.3 Å². The van der Waals surface area contributed by atoms with E-state index in [9.17, 15) is 4.79 Å². The third kappa shape index (κ3) is 3.98. The normalized spacial score (nSPS) is 10.4. The third-order valence-electron chi connectivity index (χ3n) is 3.91. The van der Waals surface area contributed by atoms with Crippen molar-refractivity contribution in [3.05, 3.63) is 83.1 Å². The summed E-state index contributed by atoms with van der Waals surface area (Å²) in [6.45, 7) is 2.00. The van der Waals surface area contributed by atoms with Gasteiger partial charge >= 0.3 is 0 Å². The predicted molar refractivity (Wildman–Crippen MR) is 103 cm³/mol. The Hall–Kier alpha value is -2.85. The monoisotopic (exact) mass is 351 g/mol. The molecular formula is C20H18ClN3O. The largest absolute Gasteiger partial charge is 0.355 e. The first-order valence-corrected chi connectivity index (χ1v) is 8.25. The lowest BCUT2D eigenvalue weighted by Gasteiger charge is -2.17. The molecule has 0 radical (unpaired) electrons. The summed E-state index contributed by atoms with van der Waals surface area (Å²) in [7, 11) is 1.74. The van der Waals surface area contributed by atoms with Crippen LogP contribution in [0.15, 0.2) is 66.9 Å². The number of hydrogen-bond acceptors (Lipinski definition) is 3. The van der Waals surface area contributed by atoms with E-state index in [1.165, 1.54) is 0 Å². The van der Waals surface area contributed by atoms with E-state index in [1.807, 2.05) is 61.5 Å². The fourth-order valence-corrected chi connectivity index (χ4v) is 2.62. The zero-order chi connectivity index (χ0) is 17.8. The number of benzene rings is 2. The number of carbonyl (C=O) groups excluding carboxylic acids is 1. The summed E-state index contributed by atoms with van der Waals surface area (Å²) in [6.07, 6.45) is 1.62. The fraction of sp³-hybridized carbons (Fsp3) is 0.100. The molecule has 0 saturated heterocycles. The number of nitrogens with zero attached hydrogens (tertiary/aromatic N) is 2. The summed E-state index contributed by atoms with van der Waals surface area (Å²) in [5.74, 6) is -0.169. The van der Waals surface area contributed by atoms with E-state index in [0.717, 1.165) is 22.6 Å². The number of halogens is 1. The van der Waals surface area contributed by atoms with E-state index in [4.69, 9.17) is 11.6 Å². The van der Waals surface area contributed by atoms with E-state index in [-0.39, 0.29) is 5.91 Å².